The van der Waals surface area contributed by atoms with Crippen LogP contribution in [-0.2, 0) is 33.3 Å². The smallest absolute Gasteiger partial charge is 0.336 e. The highest BCUT2D eigenvalue weighted by Gasteiger charge is 2.65. The zero-order chi connectivity index (χ0) is 32.7. The van der Waals surface area contributed by atoms with E-state index in [-0.39, 0.29) is 34.2 Å². The molecule has 10 rings (SSSR count). The van der Waals surface area contributed by atoms with Crippen molar-refractivity contribution in [1.82, 2.24) is 9.80 Å². The molecule has 2 aromatic carbocycles. The Morgan fingerprint density at radius 2 is 1.17 bits per heavy atom. The van der Waals surface area contributed by atoms with Crippen LogP contribution in [0.25, 0.3) is 0 Å². The van der Waals surface area contributed by atoms with Crippen molar-refractivity contribution in [2.75, 3.05) is 27.2 Å². The van der Waals surface area contributed by atoms with Crippen LogP contribution in [0, 0.1) is 11.8 Å². The molecule has 2 N–H and O–H groups in total. The fraction of sp³-hybridized carbons (Fsp3) is 0.474. The van der Waals surface area contributed by atoms with Gasteiger partial charge in [0.1, 0.15) is 24.4 Å². The Kier molecular flexibility index (Phi) is 5.93. The lowest BCUT2D eigenvalue weighted by Crippen LogP contribution is -2.64. The summed E-state index contributed by atoms with van der Waals surface area (Å²) in [5, 5.41) is 22.0. The molecule has 0 saturated carbocycles. The summed E-state index contributed by atoms with van der Waals surface area (Å²) in [5.74, 6) is 0.497. The quantitative estimate of drug-likeness (QED) is 0.221. The number of aliphatic hydroxyl groups is 2. The number of hydrogen-bond donors (Lipinski definition) is 2. The number of esters is 2. The van der Waals surface area contributed by atoms with E-state index in [2.05, 4.69) is 36.0 Å². The molecule has 10 nitrogen and oxygen atoms in total. The van der Waals surface area contributed by atoms with Crippen LogP contribution in [-0.4, -0.2) is 95.6 Å². The first-order chi connectivity index (χ1) is 23.2. The molecular formula is C38H38N2O8. The molecule has 0 amide bonds. The predicted molar refractivity (Wildman–Crippen MR) is 172 cm³/mol. The van der Waals surface area contributed by atoms with Crippen molar-refractivity contribution in [3.05, 3.63) is 83.0 Å². The summed E-state index contributed by atoms with van der Waals surface area (Å²) >= 11 is 0. The third-order valence-corrected chi connectivity index (χ3v) is 13.0. The minimum atomic E-state index is -0.759. The summed E-state index contributed by atoms with van der Waals surface area (Å²) in [6.45, 7) is 1.79. The Morgan fingerprint density at radius 1 is 0.729 bits per heavy atom. The van der Waals surface area contributed by atoms with Gasteiger partial charge < -0.3 is 39.0 Å². The second-order valence-corrected chi connectivity index (χ2v) is 15.0. The number of piperidine rings is 2. The van der Waals surface area contributed by atoms with Gasteiger partial charge in [-0.05, 0) is 76.1 Å². The predicted octanol–water partition coefficient (Wildman–Crippen LogP) is 2.37. The molecule has 0 radical (unpaired) electrons. The molecule has 4 unspecified atom stereocenters. The molecule has 48 heavy (non-hydrogen) atoms. The second-order valence-electron chi connectivity index (χ2n) is 15.0. The van der Waals surface area contributed by atoms with Crippen molar-refractivity contribution < 1.29 is 38.7 Å². The van der Waals surface area contributed by atoms with E-state index in [0.29, 0.717) is 23.6 Å². The van der Waals surface area contributed by atoms with Crippen LogP contribution in [0.5, 0.6) is 23.0 Å². The third-order valence-electron chi connectivity index (χ3n) is 13.0. The zero-order valence-corrected chi connectivity index (χ0v) is 26.9. The zero-order valence-electron chi connectivity index (χ0n) is 26.9. The fourth-order valence-corrected chi connectivity index (χ4v) is 11.0. The molecule has 2 fully saturated rings. The van der Waals surface area contributed by atoms with Crippen molar-refractivity contribution in [2.45, 2.75) is 73.0 Å². The van der Waals surface area contributed by atoms with E-state index in [1.807, 2.05) is 24.3 Å². The average molecular weight is 651 g/mol. The molecule has 10 atom stereocenters. The molecule has 10 heteroatoms. The number of benzene rings is 2. The van der Waals surface area contributed by atoms with Crippen LogP contribution in [0.2, 0.25) is 0 Å². The summed E-state index contributed by atoms with van der Waals surface area (Å²) in [5.41, 5.74) is 3.67. The van der Waals surface area contributed by atoms with Crippen LogP contribution in [0.1, 0.15) is 35.1 Å². The maximum Gasteiger partial charge on any atom is 0.336 e. The van der Waals surface area contributed by atoms with Gasteiger partial charge in [-0.25, -0.2) is 9.59 Å². The van der Waals surface area contributed by atoms with Crippen LogP contribution < -0.4 is 18.9 Å². The number of carbonyl (C=O) groups is 2. The van der Waals surface area contributed by atoms with Crippen molar-refractivity contribution in [3.63, 3.8) is 0 Å². The number of aliphatic hydroxyl groups excluding tert-OH is 2. The van der Waals surface area contributed by atoms with Gasteiger partial charge >= 0.3 is 11.9 Å². The Morgan fingerprint density at radius 3 is 1.60 bits per heavy atom. The number of nitrogens with zero attached hydrogens (tertiary/aromatic N) is 2. The van der Waals surface area contributed by atoms with Crippen LogP contribution in [0.3, 0.4) is 0 Å². The topological polar surface area (TPSA) is 118 Å². The number of ether oxygens (including phenoxy) is 4. The summed E-state index contributed by atoms with van der Waals surface area (Å²) < 4.78 is 24.5. The number of likely N-dealkylation sites (tertiary alicyclic amines) is 2. The van der Waals surface area contributed by atoms with Crippen molar-refractivity contribution >= 4 is 11.9 Å². The lowest BCUT2D eigenvalue weighted by molar-refractivity contribution is -0.131. The molecule has 8 aliphatic rings. The Bertz CT molecular complexity index is 1750. The van der Waals surface area contributed by atoms with Crippen LogP contribution >= 0.6 is 0 Å². The maximum absolute atomic E-state index is 13.1. The van der Waals surface area contributed by atoms with Crippen LogP contribution in [0.4, 0.5) is 0 Å². The average Bonchev–Trinajstić information content (AvgIpc) is 3.62. The van der Waals surface area contributed by atoms with Gasteiger partial charge in [-0.1, -0.05) is 36.4 Å². The molecule has 2 aromatic rings. The molecule has 4 heterocycles. The molecule has 0 aromatic heterocycles. The van der Waals surface area contributed by atoms with Gasteiger partial charge in [0.25, 0.3) is 0 Å². The lowest BCUT2D eigenvalue weighted by atomic mass is 9.53. The SMILES string of the molecule is CN1CC[C@]23c4c5ccc(OC(=O)C=CC(=O)Oc6ccc7c8c6O[C@H]6C(O)C=CC9[C@@H](C7)N(C)CC[C@@]896)c4O[C@H]2C(O)C=CC3[C@H]1C5. The molecule has 4 aliphatic heterocycles. The van der Waals surface area contributed by atoms with E-state index in [4.69, 9.17) is 18.9 Å². The Hall–Kier alpha value is -3.96. The fourth-order valence-electron chi connectivity index (χ4n) is 11.0. The van der Waals surface area contributed by atoms with E-state index < -0.39 is 36.4 Å². The second kappa shape index (κ2) is 9.81. The first kappa shape index (κ1) is 29.0. The molecule has 2 spiro atoms. The number of likely N-dealkylation sites (N-methyl/N-ethyl adjacent to an activating group) is 2. The first-order valence-corrected chi connectivity index (χ1v) is 17.1. The highest BCUT2D eigenvalue weighted by Crippen LogP contribution is 2.64. The van der Waals surface area contributed by atoms with Gasteiger partial charge in [-0.2, -0.15) is 0 Å². The monoisotopic (exact) mass is 650 g/mol. The van der Waals surface area contributed by atoms with Crippen LogP contribution in [0.15, 0.2) is 60.7 Å². The molecular weight excluding hydrogens is 612 g/mol. The van der Waals surface area contributed by atoms with Crippen molar-refractivity contribution in [1.29, 1.82) is 0 Å². The van der Waals surface area contributed by atoms with Gasteiger partial charge in [-0.15, -0.1) is 0 Å². The van der Waals surface area contributed by atoms with E-state index >= 15 is 0 Å². The number of hydrogen-bond acceptors (Lipinski definition) is 10. The van der Waals surface area contributed by atoms with E-state index in [9.17, 15) is 19.8 Å². The largest absolute Gasteiger partial charge is 0.482 e. The number of rotatable bonds is 4. The van der Waals surface area contributed by atoms with Gasteiger partial charge in [0.15, 0.2) is 23.0 Å². The third kappa shape index (κ3) is 3.56. The standard InChI is InChI=1S/C38H38N2O8/c1-39-15-13-37-21-5-7-25(41)35(37)47-33-27(9-3-19(31(33)37)17-23(21)39)45-29(43)11-12-30(44)46-28-10-4-20-18-24-22-6-8-26(42)36-38(22,14-16-40(24)2)32(20)34(28)48-36/h3-12,21-26,35-36,41-42H,13-18H2,1-2H3/t21?,22?,23-,24-,25?,26?,35+,36+,37+,38+/m1/s1. The summed E-state index contributed by atoms with van der Waals surface area (Å²) in [6.07, 6.45) is 11.0. The van der Waals surface area contributed by atoms with E-state index in [1.54, 1.807) is 12.1 Å². The summed E-state index contributed by atoms with van der Waals surface area (Å²) in [4.78, 5) is 31.0. The molecule has 4 aliphatic carbocycles. The molecule has 248 valence electrons. The normalized spacial score (nSPS) is 39.0. The minimum absolute atomic E-state index is 0.197. The summed E-state index contributed by atoms with van der Waals surface area (Å²) in [7, 11) is 4.31. The lowest BCUT2D eigenvalue weighted by Gasteiger charge is -2.56. The summed E-state index contributed by atoms with van der Waals surface area (Å²) in [6, 6.07) is 8.12. The van der Waals surface area contributed by atoms with Gasteiger partial charge in [0.2, 0.25) is 0 Å². The highest BCUT2D eigenvalue weighted by molar-refractivity contribution is 5.94. The van der Waals surface area contributed by atoms with Crippen molar-refractivity contribution in [3.8, 4) is 23.0 Å². The van der Waals surface area contributed by atoms with E-state index in [1.165, 1.54) is 0 Å². The minimum Gasteiger partial charge on any atom is -0.482 e. The molecule has 2 saturated heterocycles. The number of carbonyl (C=O) groups excluding carboxylic acids is 2. The van der Waals surface area contributed by atoms with Crippen molar-refractivity contribution in [2.24, 2.45) is 11.8 Å². The van der Waals surface area contributed by atoms with Gasteiger partial charge in [-0.3, -0.25) is 0 Å². The van der Waals surface area contributed by atoms with Gasteiger partial charge in [0, 0.05) is 58.0 Å². The van der Waals surface area contributed by atoms with E-state index in [0.717, 1.165) is 73.2 Å². The first-order valence-electron chi connectivity index (χ1n) is 17.1. The highest BCUT2D eigenvalue weighted by atomic mass is 16.6. The Labute approximate surface area is 278 Å². The van der Waals surface area contributed by atoms with Gasteiger partial charge in [0.05, 0.1) is 0 Å². The Balaban J connectivity index is 0.902. The maximum atomic E-state index is 13.1. The molecule has 4 bridgehead atoms.